The number of nitrogens with one attached hydrogen (secondary N) is 1. The maximum atomic E-state index is 14.1. The van der Waals surface area contributed by atoms with Crippen molar-refractivity contribution in [3.63, 3.8) is 0 Å². The Morgan fingerprint density at radius 3 is 2.70 bits per heavy atom. The number of halogens is 1. The van der Waals surface area contributed by atoms with E-state index in [0.717, 1.165) is 29.7 Å². The largest absolute Gasteiger partial charge is 0.497 e. The number of nitrogens with zero attached hydrogens (tertiary/aromatic N) is 2. The van der Waals surface area contributed by atoms with Crippen molar-refractivity contribution in [2.75, 3.05) is 12.4 Å². The lowest BCUT2D eigenvalue weighted by Gasteiger charge is -2.19. The third-order valence-corrected chi connectivity index (χ3v) is 5.09. The number of alkyl halides is 1. The molecule has 1 aliphatic rings. The summed E-state index contributed by atoms with van der Waals surface area (Å²) in [6, 6.07) is 9.25. The number of fused-ring (bicyclic) bond motifs is 1. The Balaban J connectivity index is 1.79. The van der Waals surface area contributed by atoms with Crippen LogP contribution in [-0.4, -0.2) is 34.8 Å². The summed E-state index contributed by atoms with van der Waals surface area (Å²) in [5.74, 6) is 0.183. The molecule has 1 fully saturated rings. The van der Waals surface area contributed by atoms with Crippen molar-refractivity contribution in [1.82, 2.24) is 9.61 Å². The normalized spacial score (nSPS) is 19.3. The Hall–Kier alpha value is -3.09. The number of primary amides is 1. The first-order chi connectivity index (χ1) is 13.1. The summed E-state index contributed by atoms with van der Waals surface area (Å²) in [5, 5.41) is 7.50. The highest BCUT2D eigenvalue weighted by atomic mass is 19.1. The molecule has 7 heteroatoms. The summed E-state index contributed by atoms with van der Waals surface area (Å²) >= 11 is 0. The molecule has 1 saturated carbocycles. The number of nitrogens with two attached hydrogens (primary N) is 1. The summed E-state index contributed by atoms with van der Waals surface area (Å²) in [6.45, 7) is 0. The summed E-state index contributed by atoms with van der Waals surface area (Å²) < 4.78 is 21.0. The van der Waals surface area contributed by atoms with Gasteiger partial charge in [-0.1, -0.05) is 12.1 Å². The first kappa shape index (κ1) is 17.3. The number of amides is 1. The van der Waals surface area contributed by atoms with Gasteiger partial charge < -0.3 is 15.8 Å². The zero-order chi connectivity index (χ0) is 19.0. The van der Waals surface area contributed by atoms with Gasteiger partial charge in [-0.2, -0.15) is 5.10 Å². The lowest BCUT2D eigenvalue weighted by molar-refractivity contribution is 0.100. The van der Waals surface area contributed by atoms with E-state index in [4.69, 9.17) is 10.5 Å². The van der Waals surface area contributed by atoms with E-state index in [2.05, 4.69) is 10.4 Å². The number of carbonyl (C=O) groups excluding carboxylic acids is 1. The second-order valence-corrected chi connectivity index (χ2v) is 6.78. The average Bonchev–Trinajstić information content (AvgIpc) is 3.28. The number of anilines is 1. The highest BCUT2D eigenvalue weighted by Crippen LogP contribution is 2.32. The third-order valence-electron chi connectivity index (χ3n) is 5.09. The van der Waals surface area contributed by atoms with Gasteiger partial charge in [0.15, 0.2) is 0 Å². The highest BCUT2D eigenvalue weighted by Gasteiger charge is 2.28. The van der Waals surface area contributed by atoms with Gasteiger partial charge in [0, 0.05) is 11.8 Å². The zero-order valence-electron chi connectivity index (χ0n) is 15.0. The molecule has 1 aliphatic carbocycles. The number of rotatable bonds is 5. The first-order valence-corrected chi connectivity index (χ1v) is 8.93. The van der Waals surface area contributed by atoms with Crippen LogP contribution in [0.2, 0.25) is 0 Å². The van der Waals surface area contributed by atoms with E-state index >= 15 is 0 Å². The summed E-state index contributed by atoms with van der Waals surface area (Å²) in [5.41, 5.74) is 8.93. The summed E-state index contributed by atoms with van der Waals surface area (Å²) in [7, 11) is 1.62. The number of hydrogen-bond donors (Lipinski definition) is 2. The summed E-state index contributed by atoms with van der Waals surface area (Å²) in [4.78, 5) is 11.9. The fourth-order valence-corrected chi connectivity index (χ4v) is 3.60. The Morgan fingerprint density at radius 2 is 2.07 bits per heavy atom. The number of benzene rings is 1. The zero-order valence-corrected chi connectivity index (χ0v) is 15.0. The molecule has 2 heterocycles. The number of carbonyl (C=O) groups is 1. The average molecular weight is 368 g/mol. The lowest BCUT2D eigenvalue weighted by atomic mass is 10.1. The molecule has 3 N–H and O–H groups in total. The highest BCUT2D eigenvalue weighted by molar-refractivity contribution is 6.02. The molecular formula is C20H21FN4O2. The van der Waals surface area contributed by atoms with E-state index in [1.165, 1.54) is 6.20 Å². The quantitative estimate of drug-likeness (QED) is 0.723. The van der Waals surface area contributed by atoms with Crippen LogP contribution in [0.4, 0.5) is 10.1 Å². The van der Waals surface area contributed by atoms with Crippen molar-refractivity contribution in [2.24, 2.45) is 5.73 Å². The van der Waals surface area contributed by atoms with Crippen LogP contribution in [0.3, 0.4) is 0 Å². The van der Waals surface area contributed by atoms with Gasteiger partial charge in [-0.25, -0.2) is 8.91 Å². The van der Waals surface area contributed by atoms with Crippen LogP contribution < -0.4 is 15.8 Å². The van der Waals surface area contributed by atoms with Gasteiger partial charge in [-0.3, -0.25) is 4.79 Å². The number of hydrogen-bond acceptors (Lipinski definition) is 4. The SMILES string of the molecule is COc1ccc(-c2cc3c(N[C@@H]4CCC[C@@H]4F)c(C(N)=O)cnn3c2)cc1. The molecule has 6 nitrogen and oxygen atoms in total. The van der Waals surface area contributed by atoms with Crippen molar-refractivity contribution >= 4 is 17.1 Å². The molecule has 2 atom stereocenters. The smallest absolute Gasteiger partial charge is 0.252 e. The Kier molecular flexibility index (Phi) is 4.43. The third kappa shape index (κ3) is 3.20. The Labute approximate surface area is 156 Å². The molecule has 1 amide bonds. The minimum Gasteiger partial charge on any atom is -0.497 e. The minimum atomic E-state index is -0.935. The van der Waals surface area contributed by atoms with Gasteiger partial charge >= 0.3 is 0 Å². The van der Waals surface area contributed by atoms with Gasteiger partial charge in [-0.05, 0) is 43.0 Å². The van der Waals surface area contributed by atoms with E-state index in [1.54, 1.807) is 11.6 Å². The van der Waals surface area contributed by atoms with Crippen molar-refractivity contribution in [1.29, 1.82) is 0 Å². The number of ether oxygens (including phenoxy) is 1. The predicted molar refractivity (Wildman–Crippen MR) is 102 cm³/mol. The molecular weight excluding hydrogens is 347 g/mol. The van der Waals surface area contributed by atoms with E-state index in [0.29, 0.717) is 17.6 Å². The first-order valence-electron chi connectivity index (χ1n) is 8.93. The van der Waals surface area contributed by atoms with Crippen LogP contribution in [0, 0.1) is 0 Å². The molecule has 0 bridgehead atoms. The van der Waals surface area contributed by atoms with Gasteiger partial charge in [0.2, 0.25) is 0 Å². The molecule has 140 valence electrons. The van der Waals surface area contributed by atoms with Crippen molar-refractivity contribution in [3.8, 4) is 16.9 Å². The maximum Gasteiger partial charge on any atom is 0.252 e. The van der Waals surface area contributed by atoms with Gasteiger partial charge in [0.1, 0.15) is 11.9 Å². The van der Waals surface area contributed by atoms with Crippen LogP contribution in [0.1, 0.15) is 29.6 Å². The van der Waals surface area contributed by atoms with Crippen molar-refractivity contribution < 1.29 is 13.9 Å². The number of methoxy groups -OCH3 is 1. The molecule has 4 rings (SSSR count). The lowest BCUT2D eigenvalue weighted by Crippen LogP contribution is -2.27. The molecule has 2 aromatic heterocycles. The fraction of sp³-hybridized carbons (Fsp3) is 0.300. The maximum absolute atomic E-state index is 14.1. The predicted octanol–water partition coefficient (Wildman–Crippen LogP) is 3.41. The van der Waals surface area contributed by atoms with Crippen LogP contribution >= 0.6 is 0 Å². The topological polar surface area (TPSA) is 81.6 Å². The van der Waals surface area contributed by atoms with Gasteiger partial charge in [-0.15, -0.1) is 0 Å². The van der Waals surface area contributed by atoms with E-state index in [1.807, 2.05) is 36.5 Å². The minimum absolute atomic E-state index is 0.265. The second-order valence-electron chi connectivity index (χ2n) is 6.78. The molecule has 0 unspecified atom stereocenters. The Bertz CT molecular complexity index is 984. The number of aromatic nitrogens is 2. The fourth-order valence-electron chi connectivity index (χ4n) is 3.60. The van der Waals surface area contributed by atoms with E-state index in [9.17, 15) is 9.18 Å². The monoisotopic (exact) mass is 368 g/mol. The van der Waals surface area contributed by atoms with Gasteiger partial charge in [0.05, 0.1) is 36.1 Å². The second kappa shape index (κ2) is 6.90. The van der Waals surface area contributed by atoms with Crippen LogP contribution in [0.25, 0.3) is 16.6 Å². The molecule has 3 aromatic rings. The van der Waals surface area contributed by atoms with Gasteiger partial charge in [0.25, 0.3) is 5.91 Å². The molecule has 27 heavy (non-hydrogen) atoms. The van der Waals surface area contributed by atoms with Crippen LogP contribution in [0.5, 0.6) is 5.75 Å². The van der Waals surface area contributed by atoms with Crippen LogP contribution in [0.15, 0.2) is 42.7 Å². The molecule has 0 spiro atoms. The Morgan fingerprint density at radius 1 is 1.30 bits per heavy atom. The molecule has 0 radical (unpaired) electrons. The summed E-state index contributed by atoms with van der Waals surface area (Å²) in [6.07, 6.45) is 4.44. The van der Waals surface area contributed by atoms with E-state index in [-0.39, 0.29) is 11.6 Å². The van der Waals surface area contributed by atoms with Crippen molar-refractivity contribution in [2.45, 2.75) is 31.5 Å². The van der Waals surface area contributed by atoms with E-state index < -0.39 is 12.1 Å². The van der Waals surface area contributed by atoms with Crippen molar-refractivity contribution in [3.05, 3.63) is 48.3 Å². The molecule has 0 saturated heterocycles. The molecule has 1 aromatic carbocycles. The van der Waals surface area contributed by atoms with Crippen LogP contribution in [-0.2, 0) is 0 Å². The molecule has 0 aliphatic heterocycles. The standard InChI is InChI=1S/C20H21FN4O2/c1-27-14-7-5-12(6-8-14)13-9-18-19(24-17-4-2-3-16(17)21)15(20(22)26)10-23-25(18)11-13/h5-11,16-17,24H,2-4H2,1H3,(H2,22,26)/t16-,17+/m0/s1.